The average Bonchev–Trinajstić information content (AvgIpc) is 3.16. The maximum absolute atomic E-state index is 12.1. The molecule has 1 aromatic heterocycles. The van der Waals surface area contributed by atoms with Crippen LogP contribution in [-0.2, 0) is 4.79 Å². The van der Waals surface area contributed by atoms with Crippen molar-refractivity contribution in [3.05, 3.63) is 12.0 Å². The zero-order chi connectivity index (χ0) is 14.8. The molecule has 1 amide bonds. The minimum Gasteiger partial charge on any atom is -0.476 e. The number of nitrogens with one attached hydrogen (secondary N) is 1. The molecule has 2 fully saturated rings. The molecule has 0 radical (unpaired) electrons. The number of amides is 1. The van der Waals surface area contributed by atoms with Gasteiger partial charge in [-0.3, -0.25) is 4.79 Å². The van der Waals surface area contributed by atoms with E-state index in [1.807, 2.05) is 4.90 Å². The molecular formula is C14H19N3O4. The van der Waals surface area contributed by atoms with E-state index in [-0.39, 0.29) is 23.5 Å². The lowest BCUT2D eigenvalue weighted by atomic mass is 10.1. The zero-order valence-corrected chi connectivity index (χ0v) is 11.7. The third kappa shape index (κ3) is 3.01. The van der Waals surface area contributed by atoms with Gasteiger partial charge in [-0.2, -0.15) is 4.98 Å². The summed E-state index contributed by atoms with van der Waals surface area (Å²) in [5.41, 5.74) is -0.118. The second-order valence-corrected chi connectivity index (χ2v) is 5.78. The molecule has 3 rings (SSSR count). The standard InChI is InChI=1S/C14H19N3O4/c18-12-5-9(7-17(12)10-3-1-2-4-10)6-15-14-16-11(8-21-14)13(19)20/h8-10H,1-7H2,(H,15,16)(H,19,20). The number of oxazole rings is 1. The summed E-state index contributed by atoms with van der Waals surface area (Å²) in [6.45, 7) is 1.33. The van der Waals surface area contributed by atoms with Crippen LogP contribution in [0.4, 0.5) is 6.01 Å². The van der Waals surface area contributed by atoms with Crippen LogP contribution in [0, 0.1) is 5.92 Å². The van der Waals surface area contributed by atoms with Gasteiger partial charge in [0.1, 0.15) is 6.26 Å². The number of hydrogen-bond donors (Lipinski definition) is 2. The van der Waals surface area contributed by atoms with Gasteiger partial charge in [-0.1, -0.05) is 12.8 Å². The first-order valence-corrected chi connectivity index (χ1v) is 7.35. The summed E-state index contributed by atoms with van der Waals surface area (Å²) >= 11 is 0. The molecule has 0 aromatic carbocycles. The van der Waals surface area contributed by atoms with Crippen molar-refractivity contribution in [2.45, 2.75) is 38.1 Å². The second-order valence-electron chi connectivity index (χ2n) is 5.78. The number of nitrogens with zero attached hydrogens (tertiary/aromatic N) is 2. The van der Waals surface area contributed by atoms with Gasteiger partial charge in [0.05, 0.1) is 0 Å². The molecule has 1 aromatic rings. The van der Waals surface area contributed by atoms with Crippen LogP contribution < -0.4 is 5.32 Å². The van der Waals surface area contributed by atoms with Crippen molar-refractivity contribution in [3.63, 3.8) is 0 Å². The highest BCUT2D eigenvalue weighted by Crippen LogP contribution is 2.29. The minimum atomic E-state index is -1.12. The van der Waals surface area contributed by atoms with Crippen molar-refractivity contribution in [2.24, 2.45) is 5.92 Å². The van der Waals surface area contributed by atoms with Crippen LogP contribution in [0.5, 0.6) is 0 Å². The van der Waals surface area contributed by atoms with E-state index in [2.05, 4.69) is 10.3 Å². The molecule has 1 saturated carbocycles. The van der Waals surface area contributed by atoms with Gasteiger partial charge in [0.25, 0.3) is 6.01 Å². The molecule has 1 aliphatic heterocycles. The van der Waals surface area contributed by atoms with E-state index in [1.54, 1.807) is 0 Å². The Morgan fingerprint density at radius 2 is 2.24 bits per heavy atom. The first-order valence-electron chi connectivity index (χ1n) is 7.35. The Morgan fingerprint density at radius 1 is 1.48 bits per heavy atom. The molecule has 7 heteroatoms. The zero-order valence-electron chi connectivity index (χ0n) is 11.7. The van der Waals surface area contributed by atoms with E-state index in [4.69, 9.17) is 9.52 Å². The van der Waals surface area contributed by atoms with Gasteiger partial charge in [-0.05, 0) is 12.8 Å². The van der Waals surface area contributed by atoms with Crippen molar-refractivity contribution >= 4 is 17.9 Å². The molecule has 0 spiro atoms. The summed E-state index contributed by atoms with van der Waals surface area (Å²) in [6, 6.07) is 0.613. The van der Waals surface area contributed by atoms with E-state index < -0.39 is 5.97 Å². The van der Waals surface area contributed by atoms with Gasteiger partial charge in [-0.25, -0.2) is 4.79 Å². The highest BCUT2D eigenvalue weighted by atomic mass is 16.4. The molecule has 2 aliphatic rings. The smallest absolute Gasteiger partial charge is 0.357 e. The van der Waals surface area contributed by atoms with Gasteiger partial charge in [0.15, 0.2) is 5.69 Å². The van der Waals surface area contributed by atoms with Crippen molar-refractivity contribution in [1.82, 2.24) is 9.88 Å². The van der Waals surface area contributed by atoms with E-state index in [0.29, 0.717) is 19.0 Å². The number of hydrogen-bond acceptors (Lipinski definition) is 5. The number of carboxylic acid groups (broad SMARTS) is 1. The Hall–Kier alpha value is -2.05. The highest BCUT2D eigenvalue weighted by Gasteiger charge is 2.35. The maximum atomic E-state index is 12.1. The Labute approximate surface area is 122 Å². The van der Waals surface area contributed by atoms with Gasteiger partial charge >= 0.3 is 5.97 Å². The molecule has 2 N–H and O–H groups in total. The molecule has 1 atom stereocenters. The lowest BCUT2D eigenvalue weighted by molar-refractivity contribution is -0.129. The summed E-state index contributed by atoms with van der Waals surface area (Å²) in [6.07, 6.45) is 6.31. The van der Waals surface area contributed by atoms with Gasteiger partial charge in [0, 0.05) is 31.5 Å². The van der Waals surface area contributed by atoms with Crippen LogP contribution in [-0.4, -0.2) is 46.0 Å². The van der Waals surface area contributed by atoms with E-state index >= 15 is 0 Å². The molecule has 21 heavy (non-hydrogen) atoms. The van der Waals surface area contributed by atoms with Crippen molar-refractivity contribution in [1.29, 1.82) is 0 Å². The third-order valence-corrected chi connectivity index (χ3v) is 4.27. The lowest BCUT2D eigenvalue weighted by Gasteiger charge is -2.24. The number of likely N-dealkylation sites (tertiary alicyclic amines) is 1. The van der Waals surface area contributed by atoms with Crippen LogP contribution in [0.15, 0.2) is 10.7 Å². The summed E-state index contributed by atoms with van der Waals surface area (Å²) < 4.78 is 5.04. The fourth-order valence-corrected chi connectivity index (χ4v) is 3.20. The average molecular weight is 293 g/mol. The second kappa shape index (κ2) is 5.75. The van der Waals surface area contributed by atoms with Crippen LogP contribution >= 0.6 is 0 Å². The number of aromatic nitrogens is 1. The Bertz CT molecular complexity index is 536. The Balaban J connectivity index is 1.51. The van der Waals surface area contributed by atoms with Crippen molar-refractivity contribution in [2.75, 3.05) is 18.4 Å². The normalized spacial score (nSPS) is 23.0. The Morgan fingerprint density at radius 3 is 2.90 bits per heavy atom. The molecular weight excluding hydrogens is 274 g/mol. The molecule has 1 saturated heterocycles. The monoisotopic (exact) mass is 293 g/mol. The van der Waals surface area contributed by atoms with Crippen molar-refractivity contribution < 1.29 is 19.1 Å². The van der Waals surface area contributed by atoms with Crippen LogP contribution in [0.1, 0.15) is 42.6 Å². The summed E-state index contributed by atoms with van der Waals surface area (Å²) in [7, 11) is 0. The number of aromatic carboxylic acids is 1. The Kier molecular flexibility index (Phi) is 3.81. The van der Waals surface area contributed by atoms with Crippen LogP contribution in [0.25, 0.3) is 0 Å². The van der Waals surface area contributed by atoms with E-state index in [1.165, 1.54) is 12.8 Å². The minimum absolute atomic E-state index is 0.118. The first kappa shape index (κ1) is 13.9. The number of carboxylic acids is 1. The van der Waals surface area contributed by atoms with Gasteiger partial charge in [0.2, 0.25) is 5.91 Å². The summed E-state index contributed by atoms with van der Waals surface area (Å²) in [5.74, 6) is -0.666. The third-order valence-electron chi connectivity index (χ3n) is 4.27. The quantitative estimate of drug-likeness (QED) is 0.855. The first-order chi connectivity index (χ1) is 10.1. The molecule has 1 unspecified atom stereocenters. The van der Waals surface area contributed by atoms with Crippen LogP contribution in [0.2, 0.25) is 0 Å². The molecule has 2 heterocycles. The van der Waals surface area contributed by atoms with Gasteiger partial charge in [-0.15, -0.1) is 0 Å². The maximum Gasteiger partial charge on any atom is 0.357 e. The number of anilines is 1. The molecule has 1 aliphatic carbocycles. The SMILES string of the molecule is O=C(O)c1coc(NCC2CC(=O)N(C3CCCC3)C2)n1. The van der Waals surface area contributed by atoms with Crippen molar-refractivity contribution in [3.8, 4) is 0 Å². The molecule has 114 valence electrons. The number of carbonyl (C=O) groups is 2. The lowest BCUT2D eigenvalue weighted by Crippen LogP contribution is -2.34. The summed E-state index contributed by atoms with van der Waals surface area (Å²) in [5, 5.41) is 11.7. The van der Waals surface area contributed by atoms with Gasteiger partial charge < -0.3 is 19.7 Å². The predicted octanol–water partition coefficient (Wildman–Crippen LogP) is 1.58. The fraction of sp³-hybridized carbons (Fsp3) is 0.643. The molecule has 7 nitrogen and oxygen atoms in total. The molecule has 0 bridgehead atoms. The summed E-state index contributed by atoms with van der Waals surface area (Å²) in [4.78, 5) is 28.6. The largest absolute Gasteiger partial charge is 0.476 e. The van der Waals surface area contributed by atoms with E-state index in [9.17, 15) is 9.59 Å². The predicted molar refractivity (Wildman–Crippen MR) is 74.0 cm³/mol. The van der Waals surface area contributed by atoms with Crippen LogP contribution in [0.3, 0.4) is 0 Å². The fourth-order valence-electron chi connectivity index (χ4n) is 3.20. The number of rotatable bonds is 5. The topological polar surface area (TPSA) is 95.7 Å². The van der Waals surface area contributed by atoms with E-state index in [0.717, 1.165) is 25.6 Å². The highest BCUT2D eigenvalue weighted by molar-refractivity contribution is 5.85. The number of carbonyl (C=O) groups excluding carboxylic acids is 1.